The van der Waals surface area contributed by atoms with Crippen LogP contribution in [0.25, 0.3) is 0 Å². The molecule has 3 aromatic rings. The Labute approximate surface area is 212 Å². The van der Waals surface area contributed by atoms with Crippen molar-refractivity contribution in [2.24, 2.45) is 5.73 Å². The van der Waals surface area contributed by atoms with Gasteiger partial charge in [-0.15, -0.1) is 0 Å². The van der Waals surface area contributed by atoms with Crippen molar-refractivity contribution in [3.05, 3.63) is 108 Å². The molecule has 0 radical (unpaired) electrons. The summed E-state index contributed by atoms with van der Waals surface area (Å²) in [5, 5.41) is 13.5. The molecule has 0 spiro atoms. The van der Waals surface area contributed by atoms with Gasteiger partial charge in [0, 0.05) is 12.1 Å². The van der Waals surface area contributed by atoms with Crippen LogP contribution in [-0.4, -0.2) is 30.5 Å². The molecule has 188 valence electrons. The van der Waals surface area contributed by atoms with Crippen LogP contribution in [-0.2, 0) is 19.9 Å². The van der Waals surface area contributed by atoms with Crippen LogP contribution in [0.15, 0.2) is 91.0 Å². The zero-order chi connectivity index (χ0) is 26.0. The quantitative estimate of drug-likeness (QED) is 0.107. The van der Waals surface area contributed by atoms with Gasteiger partial charge in [-0.05, 0) is 43.4 Å². The summed E-state index contributed by atoms with van der Waals surface area (Å²) in [5.41, 5.74) is 7.33. The standard InChI is InChI=1S/C29H34N4O3/c1-29(2,23-17-10-5-11-18-23)33-24(19-12-20-32-28(30)31)26(34)36-27(35)25(21-13-6-3-7-14-21)22-15-8-4-9-16-22/h3-11,13-18,24-25,33H,12,19-20H2,1-2H3,(H4,30,31,32)/t24-/m0/s1. The van der Waals surface area contributed by atoms with Gasteiger partial charge in [-0.25, -0.2) is 4.79 Å². The molecule has 0 aliphatic rings. The van der Waals surface area contributed by atoms with E-state index < -0.39 is 29.4 Å². The Morgan fingerprint density at radius 1 is 0.861 bits per heavy atom. The molecular weight excluding hydrogens is 452 g/mol. The average Bonchev–Trinajstić information content (AvgIpc) is 2.87. The number of carbonyl (C=O) groups excluding carboxylic acids is 2. The number of hydrogen-bond acceptors (Lipinski definition) is 5. The third kappa shape index (κ3) is 7.52. The van der Waals surface area contributed by atoms with Gasteiger partial charge < -0.3 is 15.8 Å². The van der Waals surface area contributed by atoms with Crippen LogP contribution in [0, 0.1) is 5.41 Å². The van der Waals surface area contributed by atoms with E-state index in [1.165, 1.54) is 0 Å². The molecule has 1 atom stereocenters. The highest BCUT2D eigenvalue weighted by Crippen LogP contribution is 2.27. The molecule has 7 nitrogen and oxygen atoms in total. The Morgan fingerprint density at radius 3 is 1.86 bits per heavy atom. The third-order valence-corrected chi connectivity index (χ3v) is 6.00. The van der Waals surface area contributed by atoms with E-state index in [4.69, 9.17) is 15.9 Å². The number of ether oxygens (including phenoxy) is 1. The number of hydrogen-bond donors (Lipinski definition) is 4. The summed E-state index contributed by atoms with van der Waals surface area (Å²) in [6, 6.07) is 27.6. The van der Waals surface area contributed by atoms with E-state index in [0.29, 0.717) is 19.4 Å². The lowest BCUT2D eigenvalue weighted by Gasteiger charge is -2.31. The maximum atomic E-state index is 13.4. The van der Waals surface area contributed by atoms with Gasteiger partial charge in [-0.1, -0.05) is 91.0 Å². The zero-order valence-corrected chi connectivity index (χ0v) is 20.7. The van der Waals surface area contributed by atoms with Gasteiger partial charge in [0.25, 0.3) is 0 Å². The molecular formula is C29H34N4O3. The normalized spacial score (nSPS) is 12.1. The topological polar surface area (TPSA) is 117 Å². The van der Waals surface area contributed by atoms with E-state index in [1.54, 1.807) is 0 Å². The van der Waals surface area contributed by atoms with Crippen molar-refractivity contribution >= 4 is 17.9 Å². The predicted octanol–water partition coefficient (Wildman–Crippen LogP) is 4.05. The molecule has 7 heteroatoms. The summed E-state index contributed by atoms with van der Waals surface area (Å²) < 4.78 is 5.52. The second-order valence-corrected chi connectivity index (χ2v) is 9.17. The van der Waals surface area contributed by atoms with Crippen molar-refractivity contribution in [2.75, 3.05) is 6.54 Å². The second kappa shape index (κ2) is 12.7. The Bertz CT molecular complexity index is 1100. The first-order valence-electron chi connectivity index (χ1n) is 12.0. The molecule has 0 fully saturated rings. The highest BCUT2D eigenvalue weighted by molar-refractivity contribution is 5.93. The van der Waals surface area contributed by atoms with Crippen molar-refractivity contribution in [1.82, 2.24) is 10.6 Å². The molecule has 0 bridgehead atoms. The van der Waals surface area contributed by atoms with Crippen LogP contribution in [0.1, 0.15) is 49.3 Å². The summed E-state index contributed by atoms with van der Waals surface area (Å²) >= 11 is 0. The van der Waals surface area contributed by atoms with Crippen molar-refractivity contribution in [1.29, 1.82) is 5.41 Å². The van der Waals surface area contributed by atoms with E-state index in [9.17, 15) is 9.59 Å². The Morgan fingerprint density at radius 2 is 1.36 bits per heavy atom. The van der Waals surface area contributed by atoms with Gasteiger partial charge in [0.2, 0.25) is 0 Å². The number of nitrogens with one attached hydrogen (secondary N) is 3. The van der Waals surface area contributed by atoms with Crippen LogP contribution < -0.4 is 16.4 Å². The highest BCUT2D eigenvalue weighted by atomic mass is 16.6. The minimum Gasteiger partial charge on any atom is -0.391 e. The number of nitrogens with two attached hydrogens (primary N) is 1. The maximum Gasteiger partial charge on any atom is 0.330 e. The lowest BCUT2D eigenvalue weighted by atomic mass is 9.91. The van der Waals surface area contributed by atoms with E-state index in [1.807, 2.05) is 105 Å². The van der Waals surface area contributed by atoms with Gasteiger partial charge in [0.15, 0.2) is 5.96 Å². The first-order chi connectivity index (χ1) is 17.3. The van der Waals surface area contributed by atoms with Crippen LogP contribution >= 0.6 is 0 Å². The largest absolute Gasteiger partial charge is 0.391 e. The van der Waals surface area contributed by atoms with Gasteiger partial charge in [-0.3, -0.25) is 15.5 Å². The lowest BCUT2D eigenvalue weighted by molar-refractivity contribution is -0.162. The van der Waals surface area contributed by atoms with Gasteiger partial charge in [0.05, 0.1) is 0 Å². The molecule has 0 unspecified atom stereocenters. The minimum absolute atomic E-state index is 0.129. The fourth-order valence-electron chi connectivity index (χ4n) is 4.14. The van der Waals surface area contributed by atoms with Gasteiger partial charge in [-0.2, -0.15) is 0 Å². The van der Waals surface area contributed by atoms with Crippen molar-refractivity contribution in [3.63, 3.8) is 0 Å². The molecule has 36 heavy (non-hydrogen) atoms. The predicted molar refractivity (Wildman–Crippen MR) is 141 cm³/mol. The fraction of sp³-hybridized carbons (Fsp3) is 0.276. The minimum atomic E-state index is -0.745. The monoisotopic (exact) mass is 486 g/mol. The van der Waals surface area contributed by atoms with Crippen LogP contribution in [0.2, 0.25) is 0 Å². The van der Waals surface area contributed by atoms with Gasteiger partial charge >= 0.3 is 11.9 Å². The van der Waals surface area contributed by atoms with E-state index in [0.717, 1.165) is 16.7 Å². The second-order valence-electron chi connectivity index (χ2n) is 9.17. The zero-order valence-electron chi connectivity index (χ0n) is 20.7. The smallest absolute Gasteiger partial charge is 0.330 e. The van der Waals surface area contributed by atoms with Crippen LogP contribution in [0.4, 0.5) is 0 Å². The lowest BCUT2D eigenvalue weighted by Crippen LogP contribution is -2.49. The molecule has 0 heterocycles. The molecule has 0 aromatic heterocycles. The van der Waals surface area contributed by atoms with Crippen molar-refractivity contribution < 1.29 is 14.3 Å². The molecule has 3 rings (SSSR count). The summed E-state index contributed by atoms with van der Waals surface area (Å²) in [5.74, 6) is -2.11. The third-order valence-electron chi connectivity index (χ3n) is 6.00. The summed E-state index contributed by atoms with van der Waals surface area (Å²) in [7, 11) is 0. The Kier molecular flexibility index (Phi) is 9.36. The fourth-order valence-corrected chi connectivity index (χ4v) is 4.14. The number of esters is 2. The summed E-state index contributed by atoms with van der Waals surface area (Å²) in [6.07, 6.45) is 0.941. The average molecular weight is 487 g/mol. The summed E-state index contributed by atoms with van der Waals surface area (Å²) in [6.45, 7) is 4.39. The Balaban J connectivity index is 1.81. The molecule has 0 aliphatic heterocycles. The number of carbonyl (C=O) groups is 2. The molecule has 0 aliphatic carbocycles. The van der Waals surface area contributed by atoms with Crippen molar-refractivity contribution in [3.8, 4) is 0 Å². The van der Waals surface area contributed by atoms with Gasteiger partial charge in [0.1, 0.15) is 12.0 Å². The van der Waals surface area contributed by atoms with E-state index in [-0.39, 0.29) is 5.96 Å². The first-order valence-corrected chi connectivity index (χ1v) is 12.0. The van der Waals surface area contributed by atoms with Crippen LogP contribution in [0.3, 0.4) is 0 Å². The SMILES string of the molecule is CC(C)(N[C@@H](CCCNC(=N)N)C(=O)OC(=O)C(c1ccccc1)c1ccccc1)c1ccccc1. The molecule has 3 aromatic carbocycles. The van der Waals surface area contributed by atoms with E-state index >= 15 is 0 Å². The molecule has 0 amide bonds. The number of guanidine groups is 1. The molecule has 0 saturated heterocycles. The first kappa shape index (κ1) is 26.6. The Hall–Kier alpha value is -3.97. The number of rotatable bonds is 11. The van der Waals surface area contributed by atoms with Crippen LogP contribution in [0.5, 0.6) is 0 Å². The maximum absolute atomic E-state index is 13.4. The van der Waals surface area contributed by atoms with E-state index in [2.05, 4.69) is 10.6 Å². The van der Waals surface area contributed by atoms with Crippen molar-refractivity contribution in [2.45, 2.75) is 44.2 Å². The number of benzene rings is 3. The summed E-state index contributed by atoms with van der Waals surface area (Å²) in [4.78, 5) is 26.8. The highest BCUT2D eigenvalue weighted by Gasteiger charge is 2.33. The molecule has 5 N–H and O–H groups in total. The molecule has 0 saturated carbocycles.